The Morgan fingerprint density at radius 3 is 2.93 bits per heavy atom. The van der Waals surface area contributed by atoms with E-state index >= 15 is 0 Å². The van der Waals surface area contributed by atoms with Gasteiger partial charge in [-0.15, -0.1) is 16.4 Å². The van der Waals surface area contributed by atoms with Crippen molar-refractivity contribution in [3.05, 3.63) is 41.9 Å². The van der Waals surface area contributed by atoms with Crippen LogP contribution in [0.2, 0.25) is 0 Å². The van der Waals surface area contributed by atoms with Gasteiger partial charge in [0, 0.05) is 6.20 Å². The predicted octanol–water partition coefficient (Wildman–Crippen LogP) is 2.46. The molecule has 0 radical (unpaired) electrons. The van der Waals surface area contributed by atoms with E-state index in [4.69, 9.17) is 0 Å². The molecule has 68 valence electrons. The summed E-state index contributed by atoms with van der Waals surface area (Å²) >= 11 is 1.65. The summed E-state index contributed by atoms with van der Waals surface area (Å²) in [4.78, 5) is 5.52. The molecule has 0 aliphatic carbocycles. The highest BCUT2D eigenvalue weighted by Gasteiger charge is 2.05. The maximum Gasteiger partial charge on any atom is 0.192 e. The molecule has 3 heterocycles. The number of thiophene rings is 1. The molecule has 0 fully saturated rings. The van der Waals surface area contributed by atoms with Gasteiger partial charge in [0.1, 0.15) is 0 Å². The van der Waals surface area contributed by atoms with Gasteiger partial charge in [0.25, 0.3) is 0 Å². The second-order valence-corrected chi connectivity index (χ2v) is 3.86. The summed E-state index contributed by atoms with van der Waals surface area (Å²) in [7, 11) is 0. The van der Waals surface area contributed by atoms with Gasteiger partial charge in [-0.05, 0) is 23.6 Å². The molecule has 0 saturated heterocycles. The molecule has 0 aromatic carbocycles. The molecule has 0 aliphatic rings. The predicted molar refractivity (Wildman–Crippen MR) is 56.3 cm³/mol. The number of aromatic nitrogens is 3. The summed E-state index contributed by atoms with van der Waals surface area (Å²) in [5.74, 6) is 0.797. The van der Waals surface area contributed by atoms with E-state index in [1.807, 2.05) is 41.9 Å². The van der Waals surface area contributed by atoms with Gasteiger partial charge < -0.3 is 0 Å². The van der Waals surface area contributed by atoms with Gasteiger partial charge in [-0.1, -0.05) is 12.1 Å². The second-order valence-electron chi connectivity index (χ2n) is 2.92. The van der Waals surface area contributed by atoms with Crippen molar-refractivity contribution >= 4 is 17.0 Å². The van der Waals surface area contributed by atoms with Crippen LogP contribution in [0.1, 0.15) is 0 Å². The van der Waals surface area contributed by atoms with Crippen LogP contribution in [0.25, 0.3) is 16.3 Å². The Bertz CT molecular complexity index is 521. The molecule has 0 aliphatic heterocycles. The van der Waals surface area contributed by atoms with Gasteiger partial charge in [-0.2, -0.15) is 0 Å². The van der Waals surface area contributed by atoms with Crippen LogP contribution in [0.3, 0.4) is 0 Å². The highest BCUT2D eigenvalue weighted by molar-refractivity contribution is 7.13. The molecule has 0 spiro atoms. The van der Waals surface area contributed by atoms with E-state index < -0.39 is 0 Å². The van der Waals surface area contributed by atoms with Crippen LogP contribution in [-0.4, -0.2) is 14.6 Å². The molecular weight excluding hydrogens is 194 g/mol. The zero-order valence-electron chi connectivity index (χ0n) is 7.29. The van der Waals surface area contributed by atoms with Crippen molar-refractivity contribution in [3.8, 4) is 10.7 Å². The van der Waals surface area contributed by atoms with Crippen molar-refractivity contribution in [2.45, 2.75) is 0 Å². The molecule has 0 atom stereocenters. The molecule has 0 amide bonds. The Labute approximate surface area is 84.7 Å². The highest BCUT2D eigenvalue weighted by Crippen LogP contribution is 2.21. The largest absolute Gasteiger partial charge is 0.221 e. The van der Waals surface area contributed by atoms with Crippen molar-refractivity contribution in [2.75, 3.05) is 0 Å². The van der Waals surface area contributed by atoms with Crippen LogP contribution >= 0.6 is 11.3 Å². The number of rotatable bonds is 1. The summed E-state index contributed by atoms with van der Waals surface area (Å²) < 4.78 is 1.79. The first-order valence-corrected chi connectivity index (χ1v) is 5.17. The Hall–Kier alpha value is -1.68. The zero-order chi connectivity index (χ0) is 9.38. The molecule has 3 rings (SSSR count). The Morgan fingerprint density at radius 2 is 2.14 bits per heavy atom. The molecule has 0 N–H and O–H groups in total. The summed E-state index contributed by atoms with van der Waals surface area (Å²) in [6, 6.07) is 9.89. The minimum absolute atomic E-state index is 0.797. The van der Waals surface area contributed by atoms with Crippen LogP contribution in [0.5, 0.6) is 0 Å². The van der Waals surface area contributed by atoms with Gasteiger partial charge in [0.05, 0.1) is 4.88 Å². The number of hydrogen-bond acceptors (Lipinski definition) is 3. The smallest absolute Gasteiger partial charge is 0.192 e. The molecule has 14 heavy (non-hydrogen) atoms. The maximum absolute atomic E-state index is 4.42. The van der Waals surface area contributed by atoms with Crippen LogP contribution < -0.4 is 0 Å². The lowest BCUT2D eigenvalue weighted by Gasteiger charge is -1.85. The van der Waals surface area contributed by atoms with Crippen molar-refractivity contribution in [2.24, 2.45) is 0 Å². The van der Waals surface area contributed by atoms with Crippen molar-refractivity contribution in [3.63, 3.8) is 0 Å². The van der Waals surface area contributed by atoms with Crippen LogP contribution in [0, 0.1) is 0 Å². The topological polar surface area (TPSA) is 30.2 Å². The monoisotopic (exact) mass is 201 g/mol. The zero-order valence-corrected chi connectivity index (χ0v) is 8.11. The van der Waals surface area contributed by atoms with E-state index in [1.54, 1.807) is 15.9 Å². The van der Waals surface area contributed by atoms with Crippen molar-refractivity contribution in [1.29, 1.82) is 0 Å². The Kier molecular flexibility index (Phi) is 1.61. The highest BCUT2D eigenvalue weighted by atomic mass is 32.1. The lowest BCUT2D eigenvalue weighted by molar-refractivity contribution is 0.967. The third-order valence-electron chi connectivity index (χ3n) is 1.98. The van der Waals surface area contributed by atoms with E-state index in [2.05, 4.69) is 10.1 Å². The lowest BCUT2D eigenvalue weighted by atomic mass is 10.4. The first-order chi connectivity index (χ1) is 6.93. The fraction of sp³-hybridized carbons (Fsp3) is 0. The summed E-state index contributed by atoms with van der Waals surface area (Å²) in [6.45, 7) is 0. The van der Waals surface area contributed by atoms with Crippen LogP contribution in [0.15, 0.2) is 41.9 Å². The fourth-order valence-electron chi connectivity index (χ4n) is 1.34. The van der Waals surface area contributed by atoms with E-state index in [1.165, 1.54) is 0 Å². The minimum Gasteiger partial charge on any atom is -0.221 e. The molecule has 0 unspecified atom stereocenters. The van der Waals surface area contributed by atoms with E-state index in [0.717, 1.165) is 16.3 Å². The number of nitrogens with zero attached hydrogens (tertiary/aromatic N) is 3. The van der Waals surface area contributed by atoms with E-state index in [9.17, 15) is 0 Å². The lowest BCUT2D eigenvalue weighted by Crippen LogP contribution is -1.83. The average molecular weight is 201 g/mol. The molecule has 4 heteroatoms. The quantitative estimate of drug-likeness (QED) is 0.605. The summed E-state index contributed by atoms with van der Waals surface area (Å²) in [6.07, 6.45) is 1.90. The second kappa shape index (κ2) is 2.92. The number of hydrogen-bond donors (Lipinski definition) is 0. The molecule has 0 saturated carbocycles. The first-order valence-electron chi connectivity index (χ1n) is 4.29. The standard InChI is InChI=1S/C10H7N3S/c1-2-6-13-9(5-1)11-10(12-13)8-4-3-7-14-8/h1-7H. The first kappa shape index (κ1) is 7.70. The van der Waals surface area contributed by atoms with E-state index in [0.29, 0.717) is 0 Å². The SMILES string of the molecule is c1csc(-c2nc3ccccn3n2)c1. The van der Waals surface area contributed by atoms with Crippen LogP contribution in [-0.2, 0) is 0 Å². The molecule has 3 aromatic heterocycles. The van der Waals surface area contributed by atoms with Crippen LogP contribution in [0.4, 0.5) is 0 Å². The summed E-state index contributed by atoms with van der Waals surface area (Å²) in [5, 5.41) is 6.40. The number of fused-ring (bicyclic) bond motifs is 1. The van der Waals surface area contributed by atoms with Gasteiger partial charge in [0.2, 0.25) is 0 Å². The third kappa shape index (κ3) is 1.12. The van der Waals surface area contributed by atoms with Gasteiger partial charge >= 0.3 is 0 Å². The van der Waals surface area contributed by atoms with E-state index in [-0.39, 0.29) is 0 Å². The van der Waals surface area contributed by atoms with Gasteiger partial charge in [0.15, 0.2) is 11.5 Å². The molecule has 3 nitrogen and oxygen atoms in total. The minimum atomic E-state index is 0.797. The van der Waals surface area contributed by atoms with Crippen molar-refractivity contribution in [1.82, 2.24) is 14.6 Å². The average Bonchev–Trinajstić information content (AvgIpc) is 2.86. The van der Waals surface area contributed by atoms with Crippen molar-refractivity contribution < 1.29 is 0 Å². The molecule has 0 bridgehead atoms. The summed E-state index contributed by atoms with van der Waals surface area (Å²) in [5.41, 5.74) is 0.885. The normalized spacial score (nSPS) is 10.9. The molecule has 3 aromatic rings. The van der Waals surface area contributed by atoms with Gasteiger partial charge in [-0.3, -0.25) is 0 Å². The maximum atomic E-state index is 4.42. The molecular formula is C10H7N3S. The van der Waals surface area contributed by atoms with Gasteiger partial charge in [-0.25, -0.2) is 9.50 Å². The third-order valence-corrected chi connectivity index (χ3v) is 2.85. The Balaban J connectivity index is 2.24. The Morgan fingerprint density at radius 1 is 1.14 bits per heavy atom. The number of pyridine rings is 1. The fourth-order valence-corrected chi connectivity index (χ4v) is 1.99.